The van der Waals surface area contributed by atoms with Crippen LogP contribution < -0.4 is 11.0 Å². The Hall–Kier alpha value is -3.78. The van der Waals surface area contributed by atoms with Gasteiger partial charge in [-0.3, -0.25) is 14.0 Å². The van der Waals surface area contributed by atoms with Gasteiger partial charge in [-0.2, -0.15) is 4.99 Å². The molecule has 174 valence electrons. The van der Waals surface area contributed by atoms with Crippen molar-refractivity contribution >= 4 is 40.2 Å². The van der Waals surface area contributed by atoms with Gasteiger partial charge in [0.15, 0.2) is 5.49 Å². The molecule has 9 heteroatoms. The zero-order valence-corrected chi connectivity index (χ0v) is 19.8. The van der Waals surface area contributed by atoms with E-state index in [1.54, 1.807) is 42.0 Å². The lowest BCUT2D eigenvalue weighted by Gasteiger charge is -2.15. The van der Waals surface area contributed by atoms with Gasteiger partial charge < -0.3 is 9.30 Å². The third kappa shape index (κ3) is 4.24. The van der Waals surface area contributed by atoms with Gasteiger partial charge in [0, 0.05) is 23.3 Å². The van der Waals surface area contributed by atoms with Crippen LogP contribution in [-0.2, 0) is 11.3 Å². The molecule has 0 aliphatic rings. The summed E-state index contributed by atoms with van der Waals surface area (Å²) in [6, 6.07) is 11.4. The molecular formula is C25H23ClN4O4. The fourth-order valence-electron chi connectivity index (χ4n) is 3.78. The number of ether oxygens (including phenoxy) is 1. The molecule has 8 nitrogen and oxygen atoms in total. The predicted molar refractivity (Wildman–Crippen MR) is 129 cm³/mol. The number of pyridine rings is 2. The first-order valence-corrected chi connectivity index (χ1v) is 11.3. The molecular weight excluding hydrogens is 456 g/mol. The molecule has 4 rings (SSSR count). The van der Waals surface area contributed by atoms with E-state index in [0.29, 0.717) is 29.3 Å². The van der Waals surface area contributed by atoms with Crippen molar-refractivity contribution < 1.29 is 14.3 Å². The summed E-state index contributed by atoms with van der Waals surface area (Å²) < 4.78 is 8.31. The van der Waals surface area contributed by atoms with Gasteiger partial charge in [-0.15, -0.1) is 0 Å². The summed E-state index contributed by atoms with van der Waals surface area (Å²) in [6.45, 7) is 5.98. The quantitative estimate of drug-likeness (QED) is 0.320. The molecule has 3 heterocycles. The first-order valence-electron chi connectivity index (χ1n) is 10.9. The van der Waals surface area contributed by atoms with E-state index >= 15 is 0 Å². The molecule has 1 aromatic carbocycles. The standard InChI is InChI=1S/C25H23ClN4O4/c1-4-11-29-21-18(24(32)30-12-7-8-15(3)20(30)27-21)14-19(25(33)34-5-2)22(29)28-23(31)16-9-6-10-17(26)13-16/h6-10,12-14H,4-5,11H2,1-3H3. The normalized spacial score (nSPS) is 11.8. The predicted octanol–water partition coefficient (Wildman–Crippen LogP) is 3.94. The molecule has 0 bridgehead atoms. The van der Waals surface area contributed by atoms with Gasteiger partial charge in [-0.1, -0.05) is 30.7 Å². The Kier molecular flexibility index (Phi) is 6.61. The van der Waals surface area contributed by atoms with Gasteiger partial charge in [0.05, 0.1) is 12.0 Å². The highest BCUT2D eigenvalue weighted by Gasteiger charge is 2.20. The van der Waals surface area contributed by atoms with Crippen LogP contribution >= 0.6 is 11.6 Å². The monoisotopic (exact) mass is 478 g/mol. The summed E-state index contributed by atoms with van der Waals surface area (Å²) >= 11 is 6.04. The largest absolute Gasteiger partial charge is 0.462 e. The van der Waals surface area contributed by atoms with Crippen LogP contribution in [0.5, 0.6) is 0 Å². The van der Waals surface area contributed by atoms with Crippen LogP contribution in [0.4, 0.5) is 0 Å². The molecule has 0 aliphatic heterocycles. The third-order valence-electron chi connectivity index (χ3n) is 5.33. The molecule has 0 radical (unpaired) electrons. The molecule has 0 saturated heterocycles. The highest BCUT2D eigenvalue weighted by atomic mass is 35.5. The third-order valence-corrected chi connectivity index (χ3v) is 5.56. The van der Waals surface area contributed by atoms with Crippen molar-refractivity contribution in [3.63, 3.8) is 0 Å². The van der Waals surface area contributed by atoms with Crippen LogP contribution in [0.1, 0.15) is 46.5 Å². The van der Waals surface area contributed by atoms with E-state index in [2.05, 4.69) is 4.99 Å². The van der Waals surface area contributed by atoms with Gasteiger partial charge in [0.1, 0.15) is 16.9 Å². The average molecular weight is 479 g/mol. The molecule has 0 spiro atoms. The summed E-state index contributed by atoms with van der Waals surface area (Å²) in [7, 11) is 0. The van der Waals surface area contributed by atoms with E-state index in [0.717, 1.165) is 5.56 Å². The molecule has 1 amide bonds. The Balaban J connectivity index is 2.14. The maximum absolute atomic E-state index is 13.4. The van der Waals surface area contributed by atoms with E-state index in [1.807, 2.05) is 19.9 Å². The Labute approximate surface area is 200 Å². The van der Waals surface area contributed by atoms with Crippen LogP contribution in [0.15, 0.2) is 58.4 Å². The second-order valence-corrected chi connectivity index (χ2v) is 8.16. The van der Waals surface area contributed by atoms with Crippen molar-refractivity contribution in [2.75, 3.05) is 6.61 Å². The Morgan fingerprint density at radius 1 is 1.12 bits per heavy atom. The number of carbonyl (C=O) groups excluding carboxylic acids is 2. The first-order chi connectivity index (χ1) is 16.3. The van der Waals surface area contributed by atoms with Gasteiger partial charge >= 0.3 is 5.97 Å². The SMILES string of the molecule is CCCn1c(=NC(=O)c2cccc(Cl)c2)c(C(=O)OCC)cc2c(=O)n3cccc(C)c3nc21. The van der Waals surface area contributed by atoms with Crippen molar-refractivity contribution in [1.29, 1.82) is 0 Å². The van der Waals surface area contributed by atoms with Gasteiger partial charge in [-0.05, 0) is 56.2 Å². The summed E-state index contributed by atoms with van der Waals surface area (Å²) in [5.41, 5.74) is 1.69. The van der Waals surface area contributed by atoms with Crippen molar-refractivity contribution in [1.82, 2.24) is 14.0 Å². The van der Waals surface area contributed by atoms with Crippen LogP contribution in [-0.4, -0.2) is 32.4 Å². The number of fused-ring (bicyclic) bond motifs is 2. The minimum Gasteiger partial charge on any atom is -0.462 e. The Bertz CT molecular complexity index is 1570. The number of hydrogen-bond donors (Lipinski definition) is 0. The first kappa shape index (κ1) is 23.4. The van der Waals surface area contributed by atoms with Crippen molar-refractivity contribution in [2.24, 2.45) is 4.99 Å². The Morgan fingerprint density at radius 3 is 2.62 bits per heavy atom. The highest BCUT2D eigenvalue weighted by Crippen LogP contribution is 2.15. The molecule has 0 unspecified atom stereocenters. The number of esters is 1. The topological polar surface area (TPSA) is 95.0 Å². The van der Waals surface area contributed by atoms with Crippen LogP contribution in [0.3, 0.4) is 0 Å². The van der Waals surface area contributed by atoms with Crippen molar-refractivity contribution in [3.05, 3.63) is 86.2 Å². The fraction of sp³-hybridized carbons (Fsp3) is 0.240. The lowest BCUT2D eigenvalue weighted by molar-refractivity contribution is 0.0523. The molecule has 3 aromatic heterocycles. The summed E-state index contributed by atoms with van der Waals surface area (Å²) in [5.74, 6) is -1.26. The van der Waals surface area contributed by atoms with E-state index in [9.17, 15) is 14.4 Å². The van der Waals surface area contributed by atoms with Gasteiger partial charge in [0.25, 0.3) is 11.5 Å². The van der Waals surface area contributed by atoms with Gasteiger partial charge in [0.2, 0.25) is 0 Å². The molecule has 34 heavy (non-hydrogen) atoms. The number of rotatable bonds is 5. The number of benzene rings is 1. The van der Waals surface area contributed by atoms with E-state index in [1.165, 1.54) is 16.5 Å². The highest BCUT2D eigenvalue weighted by molar-refractivity contribution is 6.31. The molecule has 0 saturated carbocycles. The maximum Gasteiger partial charge on any atom is 0.341 e. The lowest BCUT2D eigenvalue weighted by Crippen LogP contribution is -2.32. The van der Waals surface area contributed by atoms with Crippen LogP contribution in [0.2, 0.25) is 5.02 Å². The number of hydrogen-bond acceptors (Lipinski definition) is 5. The second kappa shape index (κ2) is 9.61. The number of amides is 1. The maximum atomic E-state index is 13.4. The summed E-state index contributed by atoms with van der Waals surface area (Å²) in [4.78, 5) is 48.4. The second-order valence-electron chi connectivity index (χ2n) is 7.72. The molecule has 0 N–H and O–H groups in total. The minimum absolute atomic E-state index is 0.0182. The number of nitrogens with zero attached hydrogens (tertiary/aromatic N) is 4. The zero-order chi connectivity index (χ0) is 24.4. The van der Waals surface area contributed by atoms with Crippen LogP contribution in [0.25, 0.3) is 16.7 Å². The molecule has 0 fully saturated rings. The lowest BCUT2D eigenvalue weighted by atomic mass is 10.2. The number of aromatic nitrogens is 3. The summed E-state index contributed by atoms with van der Waals surface area (Å²) in [5, 5.41) is 0.622. The summed E-state index contributed by atoms with van der Waals surface area (Å²) in [6.07, 6.45) is 2.28. The Morgan fingerprint density at radius 2 is 1.91 bits per heavy atom. The molecule has 0 atom stereocenters. The number of carbonyl (C=O) groups is 2. The van der Waals surface area contributed by atoms with E-state index in [4.69, 9.17) is 21.3 Å². The molecule has 4 aromatic rings. The van der Waals surface area contributed by atoms with E-state index < -0.39 is 11.9 Å². The van der Waals surface area contributed by atoms with Crippen molar-refractivity contribution in [2.45, 2.75) is 33.7 Å². The number of aryl methyl sites for hydroxylation is 2. The smallest absolute Gasteiger partial charge is 0.341 e. The van der Waals surface area contributed by atoms with E-state index in [-0.39, 0.29) is 34.2 Å². The fourth-order valence-corrected chi connectivity index (χ4v) is 3.97. The van der Waals surface area contributed by atoms with Crippen LogP contribution in [0, 0.1) is 6.92 Å². The molecule has 0 aliphatic carbocycles. The zero-order valence-electron chi connectivity index (χ0n) is 19.0. The van der Waals surface area contributed by atoms with Gasteiger partial charge in [-0.25, -0.2) is 9.78 Å². The van der Waals surface area contributed by atoms with Crippen molar-refractivity contribution in [3.8, 4) is 0 Å². The number of halogens is 1. The minimum atomic E-state index is -0.680. The average Bonchev–Trinajstić information content (AvgIpc) is 2.81.